The summed E-state index contributed by atoms with van der Waals surface area (Å²) >= 11 is 8.49. The Kier molecular flexibility index (Phi) is 8.14. The van der Waals surface area contributed by atoms with Gasteiger partial charge in [-0.05, 0) is 48.1 Å². The molecule has 0 bridgehead atoms. The van der Waals surface area contributed by atoms with Crippen molar-refractivity contribution < 1.29 is 14.3 Å². The lowest BCUT2D eigenvalue weighted by molar-refractivity contribution is 0.0933. The van der Waals surface area contributed by atoms with Crippen LogP contribution >= 0.6 is 28.1 Å². The minimum atomic E-state index is -0.456. The highest BCUT2D eigenvalue weighted by Gasteiger charge is 2.15. The first-order valence-corrected chi connectivity index (χ1v) is 10.7. The van der Waals surface area contributed by atoms with Gasteiger partial charge in [-0.15, -0.1) is 0 Å². The fourth-order valence-corrected chi connectivity index (χ4v) is 3.21. The molecule has 0 unspecified atom stereocenters. The summed E-state index contributed by atoms with van der Waals surface area (Å²) in [5.41, 5.74) is 6.90. The number of rotatable bonds is 6. The van der Waals surface area contributed by atoms with Gasteiger partial charge < -0.3 is 4.74 Å². The van der Waals surface area contributed by atoms with Crippen molar-refractivity contribution in [3.8, 4) is 5.75 Å². The Labute approximate surface area is 194 Å². The normalized spacial score (nSPS) is 10.1. The van der Waals surface area contributed by atoms with Crippen molar-refractivity contribution in [2.24, 2.45) is 0 Å². The minimum absolute atomic E-state index is 0.0375. The SMILES string of the molecule is O=C(NNC(=S)NC(=O)c1cc(Br)ccc1OCCc1ccccc1)c1ccccc1. The number of hydrazine groups is 1. The highest BCUT2D eigenvalue weighted by atomic mass is 79.9. The Balaban J connectivity index is 1.56. The number of ether oxygens (including phenoxy) is 1. The summed E-state index contributed by atoms with van der Waals surface area (Å²) in [5, 5.41) is 2.51. The summed E-state index contributed by atoms with van der Waals surface area (Å²) in [6.07, 6.45) is 0.712. The molecule has 0 aliphatic carbocycles. The van der Waals surface area contributed by atoms with Crippen LogP contribution in [0.25, 0.3) is 0 Å². The average Bonchev–Trinajstić information content (AvgIpc) is 2.79. The standard InChI is InChI=1S/C23H20BrN3O3S/c24-18-11-12-20(30-14-13-16-7-3-1-4-8-16)19(15-18)22(29)25-23(31)27-26-21(28)17-9-5-2-6-10-17/h1-12,15H,13-14H2,(H,26,28)(H2,25,27,29,31). The Morgan fingerprint density at radius 2 is 1.55 bits per heavy atom. The van der Waals surface area contributed by atoms with E-state index >= 15 is 0 Å². The van der Waals surface area contributed by atoms with Crippen LogP contribution in [0.4, 0.5) is 0 Å². The van der Waals surface area contributed by atoms with Crippen LogP contribution in [0.15, 0.2) is 83.3 Å². The zero-order valence-electron chi connectivity index (χ0n) is 16.4. The molecule has 3 rings (SSSR count). The van der Waals surface area contributed by atoms with Gasteiger partial charge in [-0.3, -0.25) is 25.8 Å². The van der Waals surface area contributed by atoms with Gasteiger partial charge in [-0.25, -0.2) is 0 Å². The van der Waals surface area contributed by atoms with Gasteiger partial charge in [0.1, 0.15) is 5.75 Å². The molecule has 158 valence electrons. The Bertz CT molecular complexity index is 1060. The van der Waals surface area contributed by atoms with E-state index in [2.05, 4.69) is 32.1 Å². The molecule has 0 saturated heterocycles. The predicted molar refractivity (Wildman–Crippen MR) is 127 cm³/mol. The molecule has 6 nitrogen and oxygen atoms in total. The first-order valence-electron chi connectivity index (χ1n) is 9.46. The molecule has 0 spiro atoms. The monoisotopic (exact) mass is 497 g/mol. The molecule has 3 aromatic rings. The van der Waals surface area contributed by atoms with Gasteiger partial charge in [0.15, 0.2) is 5.11 Å². The molecule has 8 heteroatoms. The van der Waals surface area contributed by atoms with Gasteiger partial charge in [0.25, 0.3) is 11.8 Å². The van der Waals surface area contributed by atoms with Crippen molar-refractivity contribution in [2.45, 2.75) is 6.42 Å². The summed E-state index contributed by atoms with van der Waals surface area (Å²) in [6, 6.07) is 23.8. The van der Waals surface area contributed by atoms with Gasteiger partial charge >= 0.3 is 0 Å². The lowest BCUT2D eigenvalue weighted by atomic mass is 10.1. The van der Waals surface area contributed by atoms with E-state index in [-0.39, 0.29) is 11.0 Å². The number of hydrogen-bond donors (Lipinski definition) is 3. The van der Waals surface area contributed by atoms with Crippen LogP contribution in [0.5, 0.6) is 5.75 Å². The number of halogens is 1. The van der Waals surface area contributed by atoms with Crippen molar-refractivity contribution in [3.63, 3.8) is 0 Å². The van der Waals surface area contributed by atoms with Crippen LogP contribution in [-0.4, -0.2) is 23.5 Å². The third kappa shape index (κ3) is 6.91. The number of thiocarbonyl (C=S) groups is 1. The van der Waals surface area contributed by atoms with Crippen molar-refractivity contribution in [1.29, 1.82) is 0 Å². The van der Waals surface area contributed by atoms with Gasteiger partial charge in [-0.2, -0.15) is 0 Å². The predicted octanol–water partition coefficient (Wildman–Crippen LogP) is 4.02. The quantitative estimate of drug-likeness (QED) is 0.354. The van der Waals surface area contributed by atoms with E-state index in [0.717, 1.165) is 10.0 Å². The van der Waals surface area contributed by atoms with Crippen molar-refractivity contribution in [2.75, 3.05) is 6.61 Å². The second kappa shape index (κ2) is 11.2. The summed E-state index contributed by atoms with van der Waals surface area (Å²) in [4.78, 5) is 24.8. The fraction of sp³-hybridized carbons (Fsp3) is 0.0870. The van der Waals surface area contributed by atoms with Crippen LogP contribution in [0.2, 0.25) is 0 Å². The van der Waals surface area contributed by atoms with E-state index in [1.807, 2.05) is 36.4 Å². The molecule has 2 amide bonds. The second-order valence-corrected chi connectivity index (χ2v) is 7.78. The van der Waals surface area contributed by atoms with Crippen molar-refractivity contribution in [3.05, 3.63) is 100 Å². The molecular weight excluding hydrogens is 478 g/mol. The molecule has 0 aliphatic heterocycles. The number of hydrogen-bond acceptors (Lipinski definition) is 4. The lowest BCUT2D eigenvalue weighted by Crippen LogP contribution is -2.48. The molecular formula is C23H20BrN3O3S. The van der Waals surface area contributed by atoms with E-state index < -0.39 is 5.91 Å². The summed E-state index contributed by atoms with van der Waals surface area (Å²) in [6.45, 7) is 0.418. The van der Waals surface area contributed by atoms with Gasteiger partial charge in [0.05, 0.1) is 12.2 Å². The van der Waals surface area contributed by atoms with Crippen LogP contribution in [0.3, 0.4) is 0 Å². The van der Waals surface area contributed by atoms with E-state index in [0.29, 0.717) is 29.9 Å². The first-order chi connectivity index (χ1) is 15.0. The molecule has 0 saturated carbocycles. The summed E-state index contributed by atoms with van der Waals surface area (Å²) < 4.78 is 6.57. The van der Waals surface area contributed by atoms with E-state index in [4.69, 9.17) is 17.0 Å². The molecule has 31 heavy (non-hydrogen) atoms. The molecule has 0 heterocycles. The minimum Gasteiger partial charge on any atom is -0.492 e. The van der Waals surface area contributed by atoms with E-state index in [9.17, 15) is 9.59 Å². The highest BCUT2D eigenvalue weighted by molar-refractivity contribution is 9.10. The van der Waals surface area contributed by atoms with Crippen molar-refractivity contribution >= 4 is 45.1 Å². The smallest absolute Gasteiger partial charge is 0.269 e. The lowest BCUT2D eigenvalue weighted by Gasteiger charge is -2.14. The zero-order valence-corrected chi connectivity index (χ0v) is 18.8. The van der Waals surface area contributed by atoms with Gasteiger partial charge in [-0.1, -0.05) is 64.5 Å². The van der Waals surface area contributed by atoms with Crippen LogP contribution in [0, 0.1) is 0 Å². The number of carbonyl (C=O) groups is 2. The largest absolute Gasteiger partial charge is 0.492 e. The maximum atomic E-state index is 12.7. The fourth-order valence-electron chi connectivity index (χ4n) is 2.71. The number of carbonyl (C=O) groups excluding carboxylic acids is 2. The molecule has 3 N–H and O–H groups in total. The maximum Gasteiger partial charge on any atom is 0.269 e. The molecule has 3 aromatic carbocycles. The topological polar surface area (TPSA) is 79.5 Å². The third-order valence-corrected chi connectivity index (χ3v) is 4.93. The Morgan fingerprint density at radius 3 is 2.26 bits per heavy atom. The van der Waals surface area contributed by atoms with Crippen LogP contribution < -0.4 is 20.9 Å². The molecule has 0 aromatic heterocycles. The van der Waals surface area contributed by atoms with Gasteiger partial charge in [0.2, 0.25) is 0 Å². The summed E-state index contributed by atoms with van der Waals surface area (Å²) in [5.74, 6) is -0.389. The number of nitrogens with one attached hydrogen (secondary N) is 3. The van der Waals surface area contributed by atoms with Gasteiger partial charge in [0, 0.05) is 16.5 Å². The third-order valence-electron chi connectivity index (χ3n) is 4.23. The van der Waals surface area contributed by atoms with Crippen molar-refractivity contribution in [1.82, 2.24) is 16.2 Å². The molecule has 0 fully saturated rings. The maximum absolute atomic E-state index is 12.7. The number of benzene rings is 3. The van der Waals surface area contributed by atoms with Crippen LogP contribution in [0.1, 0.15) is 26.3 Å². The second-order valence-electron chi connectivity index (χ2n) is 6.45. The number of amides is 2. The first kappa shape index (κ1) is 22.5. The van der Waals surface area contributed by atoms with Crippen LogP contribution in [-0.2, 0) is 6.42 Å². The van der Waals surface area contributed by atoms with E-state index in [1.165, 1.54) is 0 Å². The molecule has 0 radical (unpaired) electrons. The Hall–Kier alpha value is -3.23. The van der Waals surface area contributed by atoms with E-state index in [1.54, 1.807) is 42.5 Å². The highest BCUT2D eigenvalue weighted by Crippen LogP contribution is 2.23. The molecule has 0 aliphatic rings. The summed E-state index contributed by atoms with van der Waals surface area (Å²) in [7, 11) is 0. The zero-order chi connectivity index (χ0) is 22.1. The Morgan fingerprint density at radius 1 is 0.871 bits per heavy atom. The average molecular weight is 498 g/mol. The molecule has 0 atom stereocenters.